The zero-order valence-electron chi connectivity index (χ0n) is 11.8. The minimum atomic E-state index is 0.316. The van der Waals surface area contributed by atoms with Crippen LogP contribution in [0.1, 0.15) is 51.4 Å². The van der Waals surface area contributed by atoms with E-state index in [1.54, 1.807) is 0 Å². The fraction of sp³-hybridized carbons (Fsp3) is 0.933. The number of amides is 1. The van der Waals surface area contributed by atoms with Gasteiger partial charge in [0, 0.05) is 12.5 Å². The van der Waals surface area contributed by atoms with Gasteiger partial charge in [0.15, 0.2) is 0 Å². The summed E-state index contributed by atoms with van der Waals surface area (Å²) in [6, 6.07) is 0. The van der Waals surface area contributed by atoms with Crippen LogP contribution in [0, 0.1) is 11.8 Å². The molecule has 0 radical (unpaired) electrons. The Bertz CT molecular complexity index is 253. The van der Waals surface area contributed by atoms with Crippen molar-refractivity contribution in [3.05, 3.63) is 0 Å². The summed E-state index contributed by atoms with van der Waals surface area (Å²) in [5.74, 6) is 1.46. The first-order valence-corrected chi connectivity index (χ1v) is 7.72. The highest BCUT2D eigenvalue weighted by Crippen LogP contribution is 2.24. The molecule has 1 saturated carbocycles. The number of hydrogen-bond acceptors (Lipinski definition) is 2. The first-order valence-electron chi connectivity index (χ1n) is 7.72. The predicted octanol–water partition coefficient (Wildman–Crippen LogP) is 2.41. The van der Waals surface area contributed by atoms with Crippen LogP contribution < -0.4 is 5.32 Å². The Morgan fingerprint density at radius 1 is 1.11 bits per heavy atom. The lowest BCUT2D eigenvalue weighted by Crippen LogP contribution is -2.35. The van der Waals surface area contributed by atoms with Crippen molar-refractivity contribution in [3.8, 4) is 0 Å². The summed E-state index contributed by atoms with van der Waals surface area (Å²) in [6.45, 7) is 3.34. The van der Waals surface area contributed by atoms with Crippen molar-refractivity contribution in [2.24, 2.45) is 11.8 Å². The zero-order chi connectivity index (χ0) is 12.8. The number of likely N-dealkylation sites (tertiary alicyclic amines) is 1. The molecule has 0 aromatic rings. The van der Waals surface area contributed by atoms with Crippen LogP contribution in [0.15, 0.2) is 0 Å². The molecule has 3 heteroatoms. The van der Waals surface area contributed by atoms with Gasteiger partial charge in [-0.25, -0.2) is 0 Å². The van der Waals surface area contributed by atoms with E-state index in [4.69, 9.17) is 0 Å². The number of rotatable bonds is 4. The maximum atomic E-state index is 12.0. The summed E-state index contributed by atoms with van der Waals surface area (Å²) in [6.07, 6.45) is 9.80. The molecular weight excluding hydrogens is 224 g/mol. The molecular formula is C15H28N2O. The lowest BCUT2D eigenvalue weighted by molar-refractivity contribution is -0.125. The van der Waals surface area contributed by atoms with Gasteiger partial charge >= 0.3 is 0 Å². The molecule has 1 aliphatic heterocycles. The average molecular weight is 252 g/mol. The van der Waals surface area contributed by atoms with Crippen LogP contribution in [-0.2, 0) is 4.79 Å². The summed E-state index contributed by atoms with van der Waals surface area (Å²) < 4.78 is 0. The van der Waals surface area contributed by atoms with Crippen molar-refractivity contribution < 1.29 is 4.79 Å². The molecule has 0 aromatic heterocycles. The van der Waals surface area contributed by atoms with E-state index in [-0.39, 0.29) is 0 Å². The summed E-state index contributed by atoms with van der Waals surface area (Å²) in [5.41, 5.74) is 0. The Balaban J connectivity index is 1.58. The highest BCUT2D eigenvalue weighted by Gasteiger charge is 2.21. The molecule has 0 aromatic carbocycles. The van der Waals surface area contributed by atoms with Crippen molar-refractivity contribution >= 4 is 5.91 Å². The summed E-state index contributed by atoms with van der Waals surface area (Å²) >= 11 is 0. The van der Waals surface area contributed by atoms with Gasteiger partial charge in [-0.05, 0) is 58.2 Å². The monoisotopic (exact) mass is 252 g/mol. The zero-order valence-corrected chi connectivity index (χ0v) is 11.8. The van der Waals surface area contributed by atoms with Crippen LogP contribution in [-0.4, -0.2) is 37.5 Å². The second-order valence-electron chi connectivity index (χ2n) is 6.16. The third kappa shape index (κ3) is 4.27. The number of nitrogens with zero attached hydrogens (tertiary/aromatic N) is 1. The number of piperidine rings is 1. The fourth-order valence-electron chi connectivity index (χ4n) is 3.26. The quantitative estimate of drug-likeness (QED) is 0.833. The molecule has 2 fully saturated rings. The first-order chi connectivity index (χ1) is 8.75. The molecule has 3 nitrogen and oxygen atoms in total. The van der Waals surface area contributed by atoms with Gasteiger partial charge in [-0.3, -0.25) is 4.79 Å². The second-order valence-corrected chi connectivity index (χ2v) is 6.16. The van der Waals surface area contributed by atoms with Crippen molar-refractivity contribution in [2.45, 2.75) is 51.4 Å². The Hall–Kier alpha value is -0.570. The molecule has 0 bridgehead atoms. The topological polar surface area (TPSA) is 32.3 Å². The van der Waals surface area contributed by atoms with Gasteiger partial charge in [0.2, 0.25) is 5.91 Å². The van der Waals surface area contributed by atoms with Gasteiger partial charge in [0.1, 0.15) is 0 Å². The molecule has 2 rings (SSSR count). The molecule has 1 aliphatic carbocycles. The van der Waals surface area contributed by atoms with Crippen LogP contribution in [0.2, 0.25) is 0 Å². The Morgan fingerprint density at radius 2 is 1.78 bits per heavy atom. The number of nitrogens with one attached hydrogen (secondary N) is 1. The predicted molar refractivity (Wildman–Crippen MR) is 74.4 cm³/mol. The third-order valence-electron chi connectivity index (χ3n) is 4.67. The minimum absolute atomic E-state index is 0.316. The standard InChI is InChI=1S/C15H28N2O/c1-17-11-8-13(9-12-17)7-10-16-15(18)14-5-3-2-4-6-14/h13-14H,2-12H2,1H3,(H,16,18). The molecule has 2 aliphatic rings. The van der Waals surface area contributed by atoms with Crippen LogP contribution in [0.3, 0.4) is 0 Å². The van der Waals surface area contributed by atoms with Gasteiger partial charge < -0.3 is 10.2 Å². The molecule has 18 heavy (non-hydrogen) atoms. The molecule has 104 valence electrons. The van der Waals surface area contributed by atoms with E-state index in [0.717, 1.165) is 25.3 Å². The normalized spacial score (nSPS) is 24.1. The van der Waals surface area contributed by atoms with E-state index >= 15 is 0 Å². The fourth-order valence-corrected chi connectivity index (χ4v) is 3.26. The van der Waals surface area contributed by atoms with Gasteiger partial charge in [-0.15, -0.1) is 0 Å². The van der Waals surface area contributed by atoms with Crippen LogP contribution >= 0.6 is 0 Å². The van der Waals surface area contributed by atoms with Crippen molar-refractivity contribution in [1.82, 2.24) is 10.2 Å². The van der Waals surface area contributed by atoms with Crippen molar-refractivity contribution in [1.29, 1.82) is 0 Å². The molecule has 0 unspecified atom stereocenters. The van der Waals surface area contributed by atoms with E-state index < -0.39 is 0 Å². The molecule has 1 heterocycles. The molecule has 1 N–H and O–H groups in total. The largest absolute Gasteiger partial charge is 0.356 e. The molecule has 1 amide bonds. The smallest absolute Gasteiger partial charge is 0.223 e. The average Bonchev–Trinajstić information content (AvgIpc) is 2.42. The number of carbonyl (C=O) groups excluding carboxylic acids is 1. The van der Waals surface area contributed by atoms with Gasteiger partial charge in [-0.1, -0.05) is 19.3 Å². The molecule has 0 spiro atoms. The van der Waals surface area contributed by atoms with Crippen LogP contribution in [0.5, 0.6) is 0 Å². The van der Waals surface area contributed by atoms with Gasteiger partial charge in [-0.2, -0.15) is 0 Å². The van der Waals surface area contributed by atoms with Gasteiger partial charge in [0.25, 0.3) is 0 Å². The van der Waals surface area contributed by atoms with E-state index in [1.807, 2.05) is 0 Å². The van der Waals surface area contributed by atoms with E-state index in [0.29, 0.717) is 11.8 Å². The lowest BCUT2D eigenvalue weighted by Gasteiger charge is -2.29. The highest BCUT2D eigenvalue weighted by atomic mass is 16.1. The summed E-state index contributed by atoms with van der Waals surface area (Å²) in [4.78, 5) is 14.4. The summed E-state index contributed by atoms with van der Waals surface area (Å²) in [5, 5.41) is 3.16. The number of carbonyl (C=O) groups is 1. The summed E-state index contributed by atoms with van der Waals surface area (Å²) in [7, 11) is 2.20. The minimum Gasteiger partial charge on any atom is -0.356 e. The maximum Gasteiger partial charge on any atom is 0.223 e. The Kier molecular flexibility index (Phi) is 5.48. The first kappa shape index (κ1) is 13.9. The third-order valence-corrected chi connectivity index (χ3v) is 4.67. The van der Waals surface area contributed by atoms with Gasteiger partial charge in [0.05, 0.1) is 0 Å². The Morgan fingerprint density at radius 3 is 2.44 bits per heavy atom. The van der Waals surface area contributed by atoms with E-state index in [2.05, 4.69) is 17.3 Å². The molecule has 0 atom stereocenters. The van der Waals surface area contributed by atoms with Crippen LogP contribution in [0.4, 0.5) is 0 Å². The van der Waals surface area contributed by atoms with Crippen molar-refractivity contribution in [2.75, 3.05) is 26.7 Å². The number of hydrogen-bond donors (Lipinski definition) is 1. The maximum absolute atomic E-state index is 12.0. The highest BCUT2D eigenvalue weighted by molar-refractivity contribution is 5.78. The lowest BCUT2D eigenvalue weighted by atomic mass is 9.88. The Labute approximate surface area is 111 Å². The van der Waals surface area contributed by atoms with E-state index in [9.17, 15) is 4.79 Å². The van der Waals surface area contributed by atoms with Crippen LogP contribution in [0.25, 0.3) is 0 Å². The van der Waals surface area contributed by atoms with Crippen molar-refractivity contribution in [3.63, 3.8) is 0 Å². The van der Waals surface area contributed by atoms with E-state index in [1.165, 1.54) is 51.6 Å². The SMILES string of the molecule is CN1CCC(CCNC(=O)C2CCCCC2)CC1. The molecule has 1 saturated heterocycles. The second kappa shape index (κ2) is 7.13.